The third-order valence-electron chi connectivity index (χ3n) is 3.37. The SMILES string of the molecule is CCNC(c1ccc(OC)cc1OC)c1c(Cl)cnn1C. The second-order valence-corrected chi connectivity index (χ2v) is 5.01. The fourth-order valence-electron chi connectivity index (χ4n) is 2.36. The van der Waals surface area contributed by atoms with Crippen LogP contribution in [0.2, 0.25) is 5.02 Å². The van der Waals surface area contributed by atoms with Gasteiger partial charge in [0, 0.05) is 18.7 Å². The largest absolute Gasteiger partial charge is 0.497 e. The minimum atomic E-state index is -0.101. The monoisotopic (exact) mass is 309 g/mol. The molecule has 0 amide bonds. The zero-order chi connectivity index (χ0) is 15.4. The van der Waals surface area contributed by atoms with E-state index >= 15 is 0 Å². The zero-order valence-corrected chi connectivity index (χ0v) is 13.4. The number of aryl methyl sites for hydroxylation is 1. The first kappa shape index (κ1) is 15.7. The van der Waals surface area contributed by atoms with Crippen molar-refractivity contribution in [3.63, 3.8) is 0 Å². The molecule has 1 aromatic carbocycles. The summed E-state index contributed by atoms with van der Waals surface area (Å²) in [5.41, 5.74) is 1.90. The molecule has 0 aliphatic carbocycles. The van der Waals surface area contributed by atoms with Gasteiger partial charge in [0.15, 0.2) is 0 Å². The number of halogens is 1. The Hall–Kier alpha value is -1.72. The number of methoxy groups -OCH3 is 2. The van der Waals surface area contributed by atoms with Crippen molar-refractivity contribution in [3.05, 3.63) is 40.7 Å². The second-order valence-electron chi connectivity index (χ2n) is 4.60. The Morgan fingerprint density at radius 2 is 2.10 bits per heavy atom. The quantitative estimate of drug-likeness (QED) is 0.891. The smallest absolute Gasteiger partial charge is 0.127 e. The summed E-state index contributed by atoms with van der Waals surface area (Å²) in [6, 6.07) is 5.65. The summed E-state index contributed by atoms with van der Waals surface area (Å²) in [5, 5.41) is 8.27. The Kier molecular flexibility index (Phi) is 5.09. The third-order valence-corrected chi connectivity index (χ3v) is 3.66. The molecular formula is C15H20ClN3O2. The molecule has 1 N–H and O–H groups in total. The maximum atomic E-state index is 6.29. The lowest BCUT2D eigenvalue weighted by Crippen LogP contribution is -2.25. The lowest BCUT2D eigenvalue weighted by atomic mass is 10.0. The highest BCUT2D eigenvalue weighted by atomic mass is 35.5. The molecule has 1 unspecified atom stereocenters. The predicted molar refractivity (Wildman–Crippen MR) is 83.3 cm³/mol. The van der Waals surface area contributed by atoms with Crippen LogP contribution < -0.4 is 14.8 Å². The average molecular weight is 310 g/mol. The van der Waals surface area contributed by atoms with Crippen molar-refractivity contribution in [3.8, 4) is 11.5 Å². The number of aromatic nitrogens is 2. The van der Waals surface area contributed by atoms with Crippen molar-refractivity contribution in [2.45, 2.75) is 13.0 Å². The van der Waals surface area contributed by atoms with E-state index in [2.05, 4.69) is 10.4 Å². The minimum absolute atomic E-state index is 0.101. The molecule has 0 fully saturated rings. The van der Waals surface area contributed by atoms with Crippen LogP contribution in [0.4, 0.5) is 0 Å². The predicted octanol–water partition coefficient (Wildman–Crippen LogP) is 2.79. The number of hydrogen-bond donors (Lipinski definition) is 1. The maximum Gasteiger partial charge on any atom is 0.127 e. The van der Waals surface area contributed by atoms with E-state index in [0.717, 1.165) is 29.3 Å². The van der Waals surface area contributed by atoms with Crippen molar-refractivity contribution in [1.82, 2.24) is 15.1 Å². The van der Waals surface area contributed by atoms with Crippen LogP contribution in [0.1, 0.15) is 24.2 Å². The summed E-state index contributed by atoms with van der Waals surface area (Å²) in [4.78, 5) is 0. The maximum absolute atomic E-state index is 6.29. The summed E-state index contributed by atoms with van der Waals surface area (Å²) in [6.07, 6.45) is 1.65. The van der Waals surface area contributed by atoms with Crippen LogP contribution in [0.5, 0.6) is 11.5 Å². The van der Waals surface area contributed by atoms with Crippen LogP contribution in [0, 0.1) is 0 Å². The number of rotatable bonds is 6. The molecule has 0 aliphatic heterocycles. The lowest BCUT2D eigenvalue weighted by molar-refractivity contribution is 0.386. The first-order valence-electron chi connectivity index (χ1n) is 6.75. The Balaban J connectivity index is 2.53. The highest BCUT2D eigenvalue weighted by Gasteiger charge is 2.23. The van der Waals surface area contributed by atoms with Crippen LogP contribution >= 0.6 is 11.6 Å². The van der Waals surface area contributed by atoms with E-state index in [9.17, 15) is 0 Å². The van der Waals surface area contributed by atoms with Crippen LogP contribution in [0.15, 0.2) is 24.4 Å². The van der Waals surface area contributed by atoms with E-state index in [1.807, 2.05) is 32.2 Å². The van der Waals surface area contributed by atoms with Crippen molar-refractivity contribution in [1.29, 1.82) is 0 Å². The van der Waals surface area contributed by atoms with Crippen LogP contribution in [-0.4, -0.2) is 30.5 Å². The van der Waals surface area contributed by atoms with Gasteiger partial charge in [-0.2, -0.15) is 5.10 Å². The summed E-state index contributed by atoms with van der Waals surface area (Å²) < 4.78 is 12.5. The summed E-state index contributed by atoms with van der Waals surface area (Å²) in [7, 11) is 5.15. The van der Waals surface area contributed by atoms with Gasteiger partial charge in [-0.05, 0) is 18.7 Å². The normalized spacial score (nSPS) is 12.2. The molecule has 21 heavy (non-hydrogen) atoms. The molecule has 0 saturated heterocycles. The fourth-order valence-corrected chi connectivity index (χ4v) is 2.63. The first-order chi connectivity index (χ1) is 10.1. The Bertz CT molecular complexity index is 593. The molecule has 0 saturated carbocycles. The fraction of sp³-hybridized carbons (Fsp3) is 0.400. The van der Waals surface area contributed by atoms with Crippen molar-refractivity contribution in [2.75, 3.05) is 20.8 Å². The number of benzene rings is 1. The molecule has 0 radical (unpaired) electrons. The van der Waals surface area contributed by atoms with E-state index < -0.39 is 0 Å². The highest BCUT2D eigenvalue weighted by molar-refractivity contribution is 6.31. The average Bonchev–Trinajstić information content (AvgIpc) is 2.83. The molecule has 6 heteroatoms. The van der Waals surface area contributed by atoms with E-state index in [1.54, 1.807) is 25.1 Å². The summed E-state index contributed by atoms with van der Waals surface area (Å²) in [6.45, 7) is 2.84. The molecule has 2 aromatic rings. The molecular weight excluding hydrogens is 290 g/mol. The molecule has 2 rings (SSSR count). The van der Waals surface area contributed by atoms with Gasteiger partial charge in [0.05, 0.1) is 37.2 Å². The van der Waals surface area contributed by atoms with Gasteiger partial charge in [-0.15, -0.1) is 0 Å². The van der Waals surface area contributed by atoms with Crippen molar-refractivity contribution in [2.24, 2.45) is 7.05 Å². The Labute approximate surface area is 129 Å². The van der Waals surface area contributed by atoms with Crippen LogP contribution in [-0.2, 0) is 7.05 Å². The van der Waals surface area contributed by atoms with Gasteiger partial charge in [-0.25, -0.2) is 0 Å². The van der Waals surface area contributed by atoms with E-state index in [-0.39, 0.29) is 6.04 Å². The lowest BCUT2D eigenvalue weighted by Gasteiger charge is -2.22. The van der Waals surface area contributed by atoms with Gasteiger partial charge in [-0.1, -0.05) is 18.5 Å². The zero-order valence-electron chi connectivity index (χ0n) is 12.7. The highest BCUT2D eigenvalue weighted by Crippen LogP contribution is 2.35. The first-order valence-corrected chi connectivity index (χ1v) is 7.12. The van der Waals surface area contributed by atoms with Crippen molar-refractivity contribution >= 4 is 11.6 Å². The van der Waals surface area contributed by atoms with Gasteiger partial charge in [0.1, 0.15) is 11.5 Å². The summed E-state index contributed by atoms with van der Waals surface area (Å²) in [5.74, 6) is 1.50. The number of hydrogen-bond acceptors (Lipinski definition) is 4. The standard InChI is InChI=1S/C15H20ClN3O2/c1-5-17-14(15-12(16)9-18-19(15)2)11-7-6-10(20-3)8-13(11)21-4/h6-9,14,17H,5H2,1-4H3. The molecule has 5 nitrogen and oxygen atoms in total. The second kappa shape index (κ2) is 6.83. The van der Waals surface area contributed by atoms with Gasteiger partial charge in [0.2, 0.25) is 0 Å². The topological polar surface area (TPSA) is 48.3 Å². The summed E-state index contributed by atoms with van der Waals surface area (Å²) >= 11 is 6.29. The van der Waals surface area contributed by atoms with Crippen molar-refractivity contribution < 1.29 is 9.47 Å². The number of ether oxygens (including phenoxy) is 2. The third kappa shape index (κ3) is 3.14. The van der Waals surface area contributed by atoms with E-state index in [1.165, 1.54) is 0 Å². The molecule has 1 atom stereocenters. The Morgan fingerprint density at radius 1 is 1.33 bits per heavy atom. The molecule has 0 spiro atoms. The molecule has 1 aromatic heterocycles. The Morgan fingerprint density at radius 3 is 2.62 bits per heavy atom. The van der Waals surface area contributed by atoms with E-state index in [0.29, 0.717) is 5.02 Å². The van der Waals surface area contributed by atoms with Gasteiger partial charge >= 0.3 is 0 Å². The van der Waals surface area contributed by atoms with E-state index in [4.69, 9.17) is 21.1 Å². The molecule has 1 heterocycles. The number of nitrogens with one attached hydrogen (secondary N) is 1. The van der Waals surface area contributed by atoms with Gasteiger partial charge in [-0.3, -0.25) is 4.68 Å². The molecule has 0 aliphatic rings. The van der Waals surface area contributed by atoms with Gasteiger partial charge in [0.25, 0.3) is 0 Å². The van der Waals surface area contributed by atoms with Crippen LogP contribution in [0.25, 0.3) is 0 Å². The van der Waals surface area contributed by atoms with Gasteiger partial charge < -0.3 is 14.8 Å². The van der Waals surface area contributed by atoms with Crippen LogP contribution in [0.3, 0.4) is 0 Å². The molecule has 114 valence electrons. The molecule has 0 bridgehead atoms. The number of nitrogens with zero attached hydrogens (tertiary/aromatic N) is 2. The minimum Gasteiger partial charge on any atom is -0.497 e.